The summed E-state index contributed by atoms with van der Waals surface area (Å²) in [7, 11) is 3.40. The van der Waals surface area contributed by atoms with Crippen molar-refractivity contribution in [3.63, 3.8) is 0 Å². The second kappa shape index (κ2) is 7.32. The quantitative estimate of drug-likeness (QED) is 0.752. The van der Waals surface area contributed by atoms with Crippen molar-refractivity contribution < 1.29 is 14.0 Å². The molecule has 27 heavy (non-hydrogen) atoms. The average molecular weight is 366 g/mol. The Kier molecular flexibility index (Phi) is 4.93. The van der Waals surface area contributed by atoms with Gasteiger partial charge in [0.2, 0.25) is 5.91 Å². The Bertz CT molecular complexity index is 995. The van der Waals surface area contributed by atoms with Crippen molar-refractivity contribution in [1.82, 2.24) is 25.1 Å². The zero-order valence-electron chi connectivity index (χ0n) is 15.3. The number of hydrogen-bond acceptors (Lipinski definition) is 7. The fraction of sp³-hybridized carbons (Fsp3) is 0.222. The highest BCUT2D eigenvalue weighted by Gasteiger charge is 2.16. The Morgan fingerprint density at radius 3 is 2.44 bits per heavy atom. The number of amides is 2. The van der Waals surface area contributed by atoms with E-state index in [1.54, 1.807) is 51.5 Å². The van der Waals surface area contributed by atoms with Crippen molar-refractivity contribution in [2.45, 2.75) is 13.8 Å². The molecule has 1 N–H and O–H groups in total. The Morgan fingerprint density at radius 2 is 1.81 bits per heavy atom. The number of nitrogens with zero attached hydrogens (tertiary/aromatic N) is 5. The molecule has 0 aliphatic rings. The number of carbonyl (C=O) groups excluding carboxylic acids is 2. The van der Waals surface area contributed by atoms with Gasteiger partial charge in [-0.1, -0.05) is 17.2 Å². The maximum absolute atomic E-state index is 12.0. The topological polar surface area (TPSA) is 114 Å². The number of rotatable bonds is 4. The lowest BCUT2D eigenvalue weighted by molar-refractivity contribution is -0.114. The van der Waals surface area contributed by atoms with Gasteiger partial charge in [0, 0.05) is 32.1 Å². The van der Waals surface area contributed by atoms with Crippen molar-refractivity contribution in [1.29, 1.82) is 0 Å². The smallest absolute Gasteiger partial charge is 0.322 e. The van der Waals surface area contributed by atoms with Gasteiger partial charge < -0.3 is 9.32 Å². The van der Waals surface area contributed by atoms with Crippen LogP contribution in [0, 0.1) is 6.92 Å². The summed E-state index contributed by atoms with van der Waals surface area (Å²) < 4.78 is 5.42. The summed E-state index contributed by atoms with van der Waals surface area (Å²) in [6.45, 7) is 3.12. The van der Waals surface area contributed by atoms with Crippen molar-refractivity contribution in [2.75, 3.05) is 19.4 Å². The van der Waals surface area contributed by atoms with Gasteiger partial charge in [-0.15, -0.1) is 5.10 Å². The highest BCUT2D eigenvalue weighted by Crippen LogP contribution is 2.24. The fourth-order valence-corrected chi connectivity index (χ4v) is 2.35. The third-order valence-corrected chi connectivity index (χ3v) is 3.70. The van der Waals surface area contributed by atoms with Crippen LogP contribution in [0.25, 0.3) is 22.8 Å². The molecule has 138 valence electrons. The summed E-state index contributed by atoms with van der Waals surface area (Å²) in [5.74, 6) is -0.229. The van der Waals surface area contributed by atoms with Gasteiger partial charge in [-0.05, 0) is 19.1 Å². The minimum atomic E-state index is -0.311. The number of benzene rings is 1. The largest absolute Gasteiger partial charge is 0.401 e. The number of carbonyl (C=O) groups is 2. The molecule has 0 saturated carbocycles. The van der Waals surface area contributed by atoms with Gasteiger partial charge in [-0.25, -0.2) is 4.98 Å². The molecule has 9 heteroatoms. The third kappa shape index (κ3) is 3.97. The van der Waals surface area contributed by atoms with Crippen LogP contribution in [0.4, 0.5) is 6.01 Å². The van der Waals surface area contributed by atoms with E-state index in [4.69, 9.17) is 4.42 Å². The van der Waals surface area contributed by atoms with Gasteiger partial charge in [0.15, 0.2) is 0 Å². The molecule has 0 radical (unpaired) electrons. The Labute approximate surface area is 155 Å². The minimum Gasteiger partial charge on any atom is -0.401 e. The van der Waals surface area contributed by atoms with E-state index in [9.17, 15) is 9.59 Å². The molecule has 3 rings (SSSR count). The lowest BCUT2D eigenvalue weighted by Crippen LogP contribution is -2.21. The first-order valence-electron chi connectivity index (χ1n) is 8.12. The van der Waals surface area contributed by atoms with E-state index in [2.05, 4.69) is 25.5 Å². The highest BCUT2D eigenvalue weighted by atomic mass is 16.4. The van der Waals surface area contributed by atoms with Gasteiger partial charge in [-0.2, -0.15) is 0 Å². The predicted molar refractivity (Wildman–Crippen MR) is 97.8 cm³/mol. The molecule has 3 aromatic rings. The second-order valence-corrected chi connectivity index (χ2v) is 6.06. The van der Waals surface area contributed by atoms with E-state index >= 15 is 0 Å². The van der Waals surface area contributed by atoms with E-state index in [-0.39, 0.29) is 23.7 Å². The molecular weight excluding hydrogens is 348 g/mol. The standard InChI is InChI=1S/C18H18N6O3/c1-10-15(16-22-23-18(27-16)20-11(2)25)21-14(9-19-10)12-5-7-13(8-6-12)17(26)24(3)4/h5-9H,1-4H3,(H,20,23,25). The maximum Gasteiger partial charge on any atom is 0.322 e. The van der Waals surface area contributed by atoms with Crippen LogP contribution in [0.3, 0.4) is 0 Å². The van der Waals surface area contributed by atoms with Crippen LogP contribution in [-0.2, 0) is 4.79 Å². The third-order valence-electron chi connectivity index (χ3n) is 3.70. The highest BCUT2D eigenvalue weighted by molar-refractivity contribution is 5.94. The lowest BCUT2D eigenvalue weighted by Gasteiger charge is -2.10. The van der Waals surface area contributed by atoms with Crippen LogP contribution < -0.4 is 5.32 Å². The Hall–Kier alpha value is -3.62. The molecule has 0 aliphatic carbocycles. The van der Waals surface area contributed by atoms with Gasteiger partial charge >= 0.3 is 6.01 Å². The monoisotopic (exact) mass is 366 g/mol. The molecule has 2 amide bonds. The molecule has 0 atom stereocenters. The molecular formula is C18H18N6O3. The van der Waals surface area contributed by atoms with Crippen LogP contribution >= 0.6 is 0 Å². The SMILES string of the molecule is CC(=O)Nc1nnc(-c2nc(-c3ccc(C(=O)N(C)C)cc3)cnc2C)o1. The van der Waals surface area contributed by atoms with Crippen LogP contribution in [0.2, 0.25) is 0 Å². The van der Waals surface area contributed by atoms with E-state index in [1.807, 2.05) is 0 Å². The number of anilines is 1. The summed E-state index contributed by atoms with van der Waals surface area (Å²) in [5, 5.41) is 10.1. The molecule has 0 aliphatic heterocycles. The van der Waals surface area contributed by atoms with Gasteiger partial charge in [0.1, 0.15) is 5.69 Å². The number of aromatic nitrogens is 4. The zero-order valence-corrected chi connectivity index (χ0v) is 15.3. The van der Waals surface area contributed by atoms with E-state index in [1.165, 1.54) is 11.8 Å². The summed E-state index contributed by atoms with van der Waals surface area (Å²) in [6, 6.07) is 7.07. The summed E-state index contributed by atoms with van der Waals surface area (Å²) in [4.78, 5) is 33.5. The molecule has 2 heterocycles. The van der Waals surface area contributed by atoms with Crippen molar-refractivity contribution in [2.24, 2.45) is 0 Å². The summed E-state index contributed by atoms with van der Waals surface area (Å²) >= 11 is 0. The Morgan fingerprint density at radius 1 is 1.11 bits per heavy atom. The molecule has 2 aromatic heterocycles. The summed E-state index contributed by atoms with van der Waals surface area (Å²) in [5.41, 5.74) is 3.00. The van der Waals surface area contributed by atoms with E-state index in [0.29, 0.717) is 22.6 Å². The maximum atomic E-state index is 12.0. The fourth-order valence-electron chi connectivity index (χ4n) is 2.35. The van der Waals surface area contributed by atoms with E-state index < -0.39 is 0 Å². The lowest BCUT2D eigenvalue weighted by atomic mass is 10.1. The summed E-state index contributed by atoms with van der Waals surface area (Å²) in [6.07, 6.45) is 1.63. The Balaban J connectivity index is 1.92. The van der Waals surface area contributed by atoms with Gasteiger partial charge in [-0.3, -0.25) is 19.9 Å². The molecule has 0 fully saturated rings. The van der Waals surface area contributed by atoms with Crippen LogP contribution in [0.1, 0.15) is 23.0 Å². The molecule has 0 saturated heterocycles. The first-order chi connectivity index (χ1) is 12.8. The first kappa shape index (κ1) is 18.2. The molecule has 0 bridgehead atoms. The van der Waals surface area contributed by atoms with Crippen molar-refractivity contribution >= 4 is 17.8 Å². The number of hydrogen-bond donors (Lipinski definition) is 1. The first-order valence-corrected chi connectivity index (χ1v) is 8.12. The number of nitrogens with one attached hydrogen (secondary N) is 1. The van der Waals surface area contributed by atoms with Crippen LogP contribution in [0.15, 0.2) is 34.9 Å². The van der Waals surface area contributed by atoms with Crippen LogP contribution in [0.5, 0.6) is 0 Å². The second-order valence-electron chi connectivity index (χ2n) is 6.06. The predicted octanol–water partition coefficient (Wildman–Crippen LogP) is 2.16. The van der Waals surface area contributed by atoms with Gasteiger partial charge in [0.05, 0.1) is 17.6 Å². The van der Waals surface area contributed by atoms with Crippen LogP contribution in [-0.4, -0.2) is 51.0 Å². The number of aryl methyl sites for hydroxylation is 1. The van der Waals surface area contributed by atoms with Crippen molar-refractivity contribution in [3.8, 4) is 22.8 Å². The molecule has 0 spiro atoms. The van der Waals surface area contributed by atoms with E-state index in [0.717, 1.165) is 5.56 Å². The average Bonchev–Trinajstić information content (AvgIpc) is 3.09. The molecule has 0 unspecified atom stereocenters. The molecule has 9 nitrogen and oxygen atoms in total. The minimum absolute atomic E-state index is 0.00402. The zero-order chi connectivity index (χ0) is 19.6. The normalized spacial score (nSPS) is 10.5. The van der Waals surface area contributed by atoms with Crippen molar-refractivity contribution in [3.05, 3.63) is 41.7 Å². The molecule has 1 aromatic carbocycles. The van der Waals surface area contributed by atoms with Gasteiger partial charge in [0.25, 0.3) is 11.8 Å².